The third-order valence-corrected chi connectivity index (χ3v) is 4.45. The summed E-state index contributed by atoms with van der Waals surface area (Å²) in [6.45, 7) is 5.43. The number of amides is 1. The van der Waals surface area contributed by atoms with E-state index < -0.39 is 0 Å². The van der Waals surface area contributed by atoms with Crippen molar-refractivity contribution in [3.63, 3.8) is 0 Å². The molecule has 20 heavy (non-hydrogen) atoms. The number of nitrogens with zero attached hydrogens (tertiary/aromatic N) is 1. The Kier molecular flexibility index (Phi) is 7.85. The van der Waals surface area contributed by atoms with Gasteiger partial charge in [0.05, 0.1) is 0 Å². The number of nitrogens with two attached hydrogens (primary N) is 1. The number of nitrogens with one attached hydrogen (secondary N) is 1. The molecule has 1 saturated heterocycles. The van der Waals surface area contributed by atoms with E-state index in [2.05, 4.69) is 10.2 Å². The molecule has 4 nitrogen and oxygen atoms in total. The van der Waals surface area contributed by atoms with E-state index in [1.54, 1.807) is 0 Å². The number of likely N-dealkylation sites (tertiary alicyclic amines) is 1. The first-order valence-electron chi connectivity index (χ1n) is 7.91. The van der Waals surface area contributed by atoms with Crippen LogP contribution >= 0.6 is 12.4 Å². The first-order chi connectivity index (χ1) is 9.13. The SMILES string of the molecule is CC(N)CC(=O)NC1CCN(CC2CCCC2)CC1.Cl. The lowest BCUT2D eigenvalue weighted by Gasteiger charge is -2.34. The van der Waals surface area contributed by atoms with Gasteiger partial charge in [0.2, 0.25) is 5.91 Å². The van der Waals surface area contributed by atoms with E-state index in [1.165, 1.54) is 32.2 Å². The second-order valence-corrected chi connectivity index (χ2v) is 6.47. The molecular weight excluding hydrogens is 274 g/mol. The summed E-state index contributed by atoms with van der Waals surface area (Å²) in [6.07, 6.45) is 8.33. The molecule has 1 heterocycles. The lowest BCUT2D eigenvalue weighted by Crippen LogP contribution is -2.46. The number of carbonyl (C=O) groups is 1. The van der Waals surface area contributed by atoms with Crippen LogP contribution in [0.4, 0.5) is 0 Å². The van der Waals surface area contributed by atoms with Crippen LogP contribution in [0.5, 0.6) is 0 Å². The second kappa shape index (κ2) is 8.85. The predicted molar refractivity (Wildman–Crippen MR) is 85.1 cm³/mol. The van der Waals surface area contributed by atoms with E-state index in [0.29, 0.717) is 12.5 Å². The Bertz CT molecular complexity index is 285. The molecule has 1 unspecified atom stereocenters. The molecule has 0 radical (unpaired) electrons. The summed E-state index contributed by atoms with van der Waals surface area (Å²) < 4.78 is 0. The molecule has 0 bridgehead atoms. The summed E-state index contributed by atoms with van der Waals surface area (Å²) in [5, 5.41) is 3.12. The Morgan fingerprint density at radius 2 is 1.85 bits per heavy atom. The molecule has 118 valence electrons. The highest BCUT2D eigenvalue weighted by Crippen LogP contribution is 2.26. The second-order valence-electron chi connectivity index (χ2n) is 6.47. The lowest BCUT2D eigenvalue weighted by atomic mass is 10.0. The Hall–Kier alpha value is -0.320. The van der Waals surface area contributed by atoms with Crippen molar-refractivity contribution in [1.29, 1.82) is 0 Å². The molecule has 1 amide bonds. The molecule has 1 aliphatic carbocycles. The van der Waals surface area contributed by atoms with Crippen LogP contribution in [-0.4, -0.2) is 42.5 Å². The molecule has 2 fully saturated rings. The third kappa shape index (κ3) is 5.98. The summed E-state index contributed by atoms with van der Waals surface area (Å²) >= 11 is 0. The van der Waals surface area contributed by atoms with Gasteiger partial charge in [0.1, 0.15) is 0 Å². The van der Waals surface area contributed by atoms with Crippen LogP contribution in [0.25, 0.3) is 0 Å². The van der Waals surface area contributed by atoms with Crippen molar-refractivity contribution in [3.05, 3.63) is 0 Å². The first kappa shape index (κ1) is 17.7. The van der Waals surface area contributed by atoms with E-state index in [1.807, 2.05) is 6.92 Å². The standard InChI is InChI=1S/C15H29N3O.ClH/c1-12(16)10-15(19)17-14-6-8-18(9-7-14)11-13-4-2-3-5-13;/h12-14H,2-11,16H2,1H3,(H,17,19);1H. The molecule has 1 atom stereocenters. The Balaban J connectivity index is 0.00000200. The van der Waals surface area contributed by atoms with Crippen LogP contribution in [0.1, 0.15) is 51.9 Å². The van der Waals surface area contributed by atoms with Gasteiger partial charge in [-0.25, -0.2) is 0 Å². The van der Waals surface area contributed by atoms with Crippen LogP contribution < -0.4 is 11.1 Å². The summed E-state index contributed by atoms with van der Waals surface area (Å²) in [6, 6.07) is 0.327. The van der Waals surface area contributed by atoms with Crippen molar-refractivity contribution in [3.8, 4) is 0 Å². The lowest BCUT2D eigenvalue weighted by molar-refractivity contribution is -0.122. The minimum atomic E-state index is -0.0394. The van der Waals surface area contributed by atoms with Crippen molar-refractivity contribution in [1.82, 2.24) is 10.2 Å². The van der Waals surface area contributed by atoms with Gasteiger partial charge in [-0.2, -0.15) is 0 Å². The number of hydrogen-bond donors (Lipinski definition) is 2. The smallest absolute Gasteiger partial charge is 0.221 e. The number of piperidine rings is 1. The molecule has 2 rings (SSSR count). The van der Waals surface area contributed by atoms with Gasteiger partial charge in [0, 0.05) is 38.1 Å². The summed E-state index contributed by atoms with van der Waals surface area (Å²) in [5.41, 5.74) is 5.64. The fraction of sp³-hybridized carbons (Fsp3) is 0.933. The van der Waals surface area contributed by atoms with E-state index >= 15 is 0 Å². The summed E-state index contributed by atoms with van der Waals surface area (Å²) in [4.78, 5) is 14.3. The first-order valence-corrected chi connectivity index (χ1v) is 7.91. The molecule has 1 saturated carbocycles. The van der Waals surface area contributed by atoms with Gasteiger partial charge in [-0.05, 0) is 38.5 Å². The summed E-state index contributed by atoms with van der Waals surface area (Å²) in [5.74, 6) is 1.05. The normalized spacial score (nSPS) is 23.3. The molecule has 2 aliphatic rings. The zero-order valence-electron chi connectivity index (χ0n) is 12.6. The van der Waals surface area contributed by atoms with Gasteiger partial charge in [-0.3, -0.25) is 4.79 Å². The summed E-state index contributed by atoms with van der Waals surface area (Å²) in [7, 11) is 0. The zero-order valence-corrected chi connectivity index (χ0v) is 13.5. The molecule has 5 heteroatoms. The van der Waals surface area contributed by atoms with Gasteiger partial charge >= 0.3 is 0 Å². The van der Waals surface area contributed by atoms with Gasteiger partial charge in [-0.1, -0.05) is 12.8 Å². The number of hydrogen-bond acceptors (Lipinski definition) is 3. The number of halogens is 1. The Labute approximate surface area is 129 Å². The van der Waals surface area contributed by atoms with Crippen LogP contribution in [0.2, 0.25) is 0 Å². The average Bonchev–Trinajstić information content (AvgIpc) is 2.83. The zero-order chi connectivity index (χ0) is 13.7. The number of rotatable bonds is 5. The molecule has 0 spiro atoms. The van der Waals surface area contributed by atoms with Crippen molar-refractivity contribution >= 4 is 18.3 Å². The van der Waals surface area contributed by atoms with Crippen LogP contribution in [0.3, 0.4) is 0 Å². The molecular formula is C15H30ClN3O. The van der Waals surface area contributed by atoms with Crippen molar-refractivity contribution in [2.45, 2.75) is 64.0 Å². The predicted octanol–water partition coefficient (Wildman–Crippen LogP) is 1.92. The van der Waals surface area contributed by atoms with E-state index in [-0.39, 0.29) is 24.4 Å². The van der Waals surface area contributed by atoms with E-state index in [0.717, 1.165) is 31.8 Å². The van der Waals surface area contributed by atoms with Gasteiger partial charge in [-0.15, -0.1) is 12.4 Å². The van der Waals surface area contributed by atoms with Crippen molar-refractivity contribution in [2.24, 2.45) is 11.7 Å². The van der Waals surface area contributed by atoms with E-state index in [9.17, 15) is 4.79 Å². The van der Waals surface area contributed by atoms with Gasteiger partial charge < -0.3 is 16.0 Å². The maximum Gasteiger partial charge on any atom is 0.221 e. The highest BCUT2D eigenvalue weighted by molar-refractivity contribution is 5.85. The van der Waals surface area contributed by atoms with Crippen molar-refractivity contribution < 1.29 is 4.79 Å². The van der Waals surface area contributed by atoms with E-state index in [4.69, 9.17) is 5.73 Å². The highest BCUT2D eigenvalue weighted by Gasteiger charge is 2.24. The quantitative estimate of drug-likeness (QED) is 0.816. The topological polar surface area (TPSA) is 58.4 Å². The van der Waals surface area contributed by atoms with Crippen molar-refractivity contribution in [2.75, 3.05) is 19.6 Å². The highest BCUT2D eigenvalue weighted by atomic mass is 35.5. The van der Waals surface area contributed by atoms with Gasteiger partial charge in [0.25, 0.3) is 0 Å². The largest absolute Gasteiger partial charge is 0.353 e. The minimum Gasteiger partial charge on any atom is -0.353 e. The van der Waals surface area contributed by atoms with Gasteiger partial charge in [0.15, 0.2) is 0 Å². The monoisotopic (exact) mass is 303 g/mol. The fourth-order valence-corrected chi connectivity index (χ4v) is 3.40. The molecule has 0 aromatic heterocycles. The molecule has 0 aromatic carbocycles. The maximum absolute atomic E-state index is 11.7. The molecule has 3 N–H and O–H groups in total. The molecule has 0 aromatic rings. The minimum absolute atomic E-state index is 0. The molecule has 1 aliphatic heterocycles. The third-order valence-electron chi connectivity index (χ3n) is 4.45. The van der Waals surface area contributed by atoms with Crippen LogP contribution in [0, 0.1) is 5.92 Å². The van der Waals surface area contributed by atoms with Crippen LogP contribution in [0.15, 0.2) is 0 Å². The fourth-order valence-electron chi connectivity index (χ4n) is 3.40. The van der Waals surface area contributed by atoms with Crippen LogP contribution in [-0.2, 0) is 4.79 Å². The average molecular weight is 304 g/mol. The Morgan fingerprint density at radius 1 is 1.25 bits per heavy atom. The number of carbonyl (C=O) groups excluding carboxylic acids is 1. The Morgan fingerprint density at radius 3 is 2.40 bits per heavy atom. The maximum atomic E-state index is 11.7.